The van der Waals surface area contributed by atoms with Gasteiger partial charge in [-0.3, -0.25) is 9.59 Å². The first-order chi connectivity index (χ1) is 21.1. The number of rotatable bonds is 6. The molecule has 2 heterocycles. The van der Waals surface area contributed by atoms with Gasteiger partial charge >= 0.3 is 0 Å². The summed E-state index contributed by atoms with van der Waals surface area (Å²) in [6.07, 6.45) is 3.44. The minimum atomic E-state index is -0.180. The van der Waals surface area contributed by atoms with E-state index in [0.717, 1.165) is 55.8 Å². The zero-order chi connectivity index (χ0) is 31.1. The van der Waals surface area contributed by atoms with E-state index in [2.05, 4.69) is 20.8 Å². The van der Waals surface area contributed by atoms with Crippen LogP contribution < -0.4 is 20.7 Å². The molecule has 2 aliphatic rings. The van der Waals surface area contributed by atoms with Gasteiger partial charge in [-0.2, -0.15) is 20.2 Å². The van der Waals surface area contributed by atoms with Crippen molar-refractivity contribution in [3.8, 4) is 0 Å². The third kappa shape index (κ3) is 5.15. The van der Waals surface area contributed by atoms with Crippen LogP contribution in [0.4, 0.5) is 22.7 Å². The van der Waals surface area contributed by atoms with Crippen LogP contribution in [0.5, 0.6) is 0 Å². The van der Waals surface area contributed by atoms with Gasteiger partial charge in [-0.25, -0.2) is 0 Å². The zero-order valence-corrected chi connectivity index (χ0v) is 25.7. The highest BCUT2D eigenvalue weighted by molar-refractivity contribution is 6.30. The molecule has 2 aliphatic heterocycles. The number of hydrazone groups is 2. The molecule has 0 atom stereocenters. The molecular weight excluding hydrogens is 548 g/mol. The largest absolute Gasteiger partial charge is 0.360 e. The van der Waals surface area contributed by atoms with Crippen molar-refractivity contribution in [2.75, 3.05) is 20.7 Å². The van der Waals surface area contributed by atoms with Crippen LogP contribution in [0.2, 0.25) is 0 Å². The molecule has 0 unspecified atom stereocenters. The molecule has 0 radical (unpaired) electrons. The molecular formula is C36H34N6O2. The Morgan fingerprint density at radius 3 is 1.34 bits per heavy atom. The molecule has 4 aromatic carbocycles. The van der Waals surface area contributed by atoms with E-state index in [1.54, 1.807) is 12.4 Å². The fourth-order valence-electron chi connectivity index (χ4n) is 5.29. The molecule has 8 heteroatoms. The molecule has 220 valence electrons. The molecule has 44 heavy (non-hydrogen) atoms. The molecule has 4 aromatic rings. The lowest BCUT2D eigenvalue weighted by Crippen LogP contribution is -2.22. The number of aryl methyl sites for hydroxylation is 4. The predicted molar refractivity (Wildman–Crippen MR) is 180 cm³/mol. The van der Waals surface area contributed by atoms with Gasteiger partial charge in [-0.05, 0) is 100 Å². The van der Waals surface area contributed by atoms with Crippen molar-refractivity contribution in [1.29, 1.82) is 0 Å². The van der Waals surface area contributed by atoms with E-state index in [1.807, 2.05) is 114 Å². The number of nitrogens with zero attached hydrogens (tertiary/aromatic N) is 4. The van der Waals surface area contributed by atoms with E-state index in [9.17, 15) is 9.59 Å². The Bertz CT molecular complexity index is 1840. The van der Waals surface area contributed by atoms with Gasteiger partial charge in [0, 0.05) is 34.5 Å². The molecule has 2 N–H and O–H groups in total. The van der Waals surface area contributed by atoms with E-state index >= 15 is 0 Å². The molecule has 2 amide bonds. The summed E-state index contributed by atoms with van der Waals surface area (Å²) in [6.45, 7) is 11.8. The first-order valence-electron chi connectivity index (χ1n) is 14.5. The summed E-state index contributed by atoms with van der Waals surface area (Å²) in [4.78, 5) is 26.6. The maximum atomic E-state index is 13.3. The molecule has 0 bridgehead atoms. The second-order valence-electron chi connectivity index (χ2n) is 11.3. The number of hydrogen-bond acceptors (Lipinski definition) is 6. The Labute approximate surface area is 257 Å². The molecule has 0 aromatic heterocycles. The fourth-order valence-corrected chi connectivity index (χ4v) is 5.29. The highest BCUT2D eigenvalue weighted by Gasteiger charge is 2.30. The van der Waals surface area contributed by atoms with Crippen molar-refractivity contribution in [2.45, 2.75) is 41.5 Å². The van der Waals surface area contributed by atoms with Crippen molar-refractivity contribution in [2.24, 2.45) is 10.2 Å². The summed E-state index contributed by atoms with van der Waals surface area (Å²) in [5.41, 5.74) is 9.99. The first kappa shape index (κ1) is 28.6. The Balaban J connectivity index is 1.23. The van der Waals surface area contributed by atoms with Gasteiger partial charge in [-0.1, -0.05) is 36.4 Å². The van der Waals surface area contributed by atoms with E-state index in [4.69, 9.17) is 0 Å². The molecule has 0 aliphatic carbocycles. The third-order valence-electron chi connectivity index (χ3n) is 8.26. The summed E-state index contributed by atoms with van der Waals surface area (Å²) in [6, 6.07) is 23.6. The average molecular weight is 583 g/mol. The molecule has 8 nitrogen and oxygen atoms in total. The Morgan fingerprint density at radius 2 is 0.955 bits per heavy atom. The van der Waals surface area contributed by atoms with Gasteiger partial charge in [0.15, 0.2) is 0 Å². The van der Waals surface area contributed by atoms with Gasteiger partial charge in [-0.15, -0.1) is 0 Å². The summed E-state index contributed by atoms with van der Waals surface area (Å²) in [5, 5.41) is 20.5. The molecule has 0 spiro atoms. The van der Waals surface area contributed by atoms with Crippen LogP contribution in [0.1, 0.15) is 36.1 Å². The topological polar surface area (TPSA) is 89.4 Å². The van der Waals surface area contributed by atoms with Crippen LogP contribution in [0.25, 0.3) is 10.8 Å². The second-order valence-corrected chi connectivity index (χ2v) is 11.3. The summed E-state index contributed by atoms with van der Waals surface area (Å²) in [5.74, 6) is -0.360. The lowest BCUT2D eigenvalue weighted by Gasteiger charge is -2.14. The van der Waals surface area contributed by atoms with Crippen molar-refractivity contribution >= 4 is 56.8 Å². The maximum absolute atomic E-state index is 13.3. The lowest BCUT2D eigenvalue weighted by atomic mass is 10.1. The van der Waals surface area contributed by atoms with Crippen LogP contribution in [0.15, 0.2) is 107 Å². The number of fused-ring (bicyclic) bond motifs is 1. The zero-order valence-electron chi connectivity index (χ0n) is 25.7. The highest BCUT2D eigenvalue weighted by atomic mass is 16.2. The number of carbonyl (C=O) groups excluding carboxylic acids is 2. The van der Waals surface area contributed by atoms with E-state index in [1.165, 1.54) is 10.0 Å². The lowest BCUT2D eigenvalue weighted by molar-refractivity contribution is -0.115. The Morgan fingerprint density at radius 1 is 0.545 bits per heavy atom. The number of anilines is 4. The van der Waals surface area contributed by atoms with E-state index in [-0.39, 0.29) is 11.8 Å². The van der Waals surface area contributed by atoms with E-state index in [0.29, 0.717) is 22.6 Å². The number of benzene rings is 4. The highest BCUT2D eigenvalue weighted by Crippen LogP contribution is 2.32. The van der Waals surface area contributed by atoms with Crippen molar-refractivity contribution in [1.82, 2.24) is 0 Å². The third-order valence-corrected chi connectivity index (χ3v) is 8.26. The van der Waals surface area contributed by atoms with Crippen molar-refractivity contribution in [3.63, 3.8) is 0 Å². The molecule has 0 fully saturated rings. The summed E-state index contributed by atoms with van der Waals surface area (Å²) < 4.78 is 0. The predicted octanol–water partition coefficient (Wildman–Crippen LogP) is 7.51. The normalized spacial score (nSPS) is 16.8. The van der Waals surface area contributed by atoms with Crippen molar-refractivity contribution in [3.05, 3.63) is 119 Å². The number of amides is 2. The number of hydrogen-bond donors (Lipinski definition) is 2. The van der Waals surface area contributed by atoms with Crippen LogP contribution in [-0.2, 0) is 9.59 Å². The fraction of sp³-hybridized carbons (Fsp3) is 0.167. The van der Waals surface area contributed by atoms with Gasteiger partial charge in [0.2, 0.25) is 0 Å². The number of nitrogens with one attached hydrogen (secondary N) is 2. The Hall–Kier alpha value is -5.50. The maximum Gasteiger partial charge on any atom is 0.282 e. The van der Waals surface area contributed by atoms with Gasteiger partial charge in [0.25, 0.3) is 11.8 Å². The summed E-state index contributed by atoms with van der Waals surface area (Å²) in [7, 11) is 0. The number of carbonyl (C=O) groups is 2. The Kier molecular flexibility index (Phi) is 7.35. The van der Waals surface area contributed by atoms with Gasteiger partial charge < -0.3 is 10.6 Å². The molecule has 0 saturated heterocycles. The van der Waals surface area contributed by atoms with Gasteiger partial charge in [0.05, 0.1) is 33.9 Å². The quantitative estimate of drug-likeness (QED) is 0.230. The monoisotopic (exact) mass is 582 g/mol. The van der Waals surface area contributed by atoms with Crippen molar-refractivity contribution < 1.29 is 9.59 Å². The van der Waals surface area contributed by atoms with Crippen LogP contribution >= 0.6 is 0 Å². The van der Waals surface area contributed by atoms with Crippen LogP contribution in [0.3, 0.4) is 0 Å². The molecule has 6 rings (SSSR count). The first-order valence-corrected chi connectivity index (χ1v) is 14.5. The van der Waals surface area contributed by atoms with Gasteiger partial charge in [0.1, 0.15) is 0 Å². The van der Waals surface area contributed by atoms with E-state index < -0.39 is 0 Å². The molecule has 0 saturated carbocycles. The van der Waals surface area contributed by atoms with Crippen LogP contribution in [-0.4, -0.2) is 23.2 Å². The minimum absolute atomic E-state index is 0.180. The SMILES string of the molecule is CC1=NN(c2ccc(C)c(C)c2)C(=O)/C1=C/Nc1cccc2c(N/C=C3/C(=O)N(c4ccc(C)c(C)c4)N=C3C)cccc12. The van der Waals surface area contributed by atoms with Crippen LogP contribution in [0, 0.1) is 27.7 Å². The summed E-state index contributed by atoms with van der Waals surface area (Å²) >= 11 is 0. The average Bonchev–Trinajstić information content (AvgIpc) is 3.46. The second kappa shape index (κ2) is 11.3. The minimum Gasteiger partial charge on any atom is -0.360 e. The standard InChI is InChI=1S/C36H34N6O2/c1-21-13-15-27(17-23(21)3)41-35(43)31(25(5)39-41)19-37-33-11-7-10-30-29(33)9-8-12-34(30)38-20-32-26(6)40-42(36(32)44)28-16-14-22(2)24(4)18-28/h7-20,37-38H,1-6H3/b31-19+,32-20+. The smallest absolute Gasteiger partial charge is 0.282 e.